The molecule has 0 aliphatic heterocycles. The van der Waals surface area contributed by atoms with Crippen molar-refractivity contribution in [2.75, 3.05) is 0 Å². The van der Waals surface area contributed by atoms with Gasteiger partial charge in [-0.25, -0.2) is 29.9 Å². The van der Waals surface area contributed by atoms with E-state index in [1.807, 2.05) is 312 Å². The summed E-state index contributed by atoms with van der Waals surface area (Å²) in [6.45, 7) is 17.9. The molecule has 19 nitrogen and oxygen atoms in total. The van der Waals surface area contributed by atoms with Crippen LogP contribution in [0.2, 0.25) is 0 Å². The van der Waals surface area contributed by atoms with E-state index < -0.39 is 0 Å². The first-order chi connectivity index (χ1) is 57.2. The molecule has 0 saturated carbocycles. The minimum atomic E-state index is 0.681. The molecule has 0 atom stereocenters. The molecule has 0 bridgehead atoms. The minimum Gasteiger partial charge on any atom is -0.265 e. The van der Waals surface area contributed by atoms with Crippen molar-refractivity contribution in [1.29, 1.82) is 0 Å². The molecule has 0 unspecified atom stereocenters. The lowest BCUT2D eigenvalue weighted by Crippen LogP contribution is -1.91. The largest absolute Gasteiger partial charge is 0.265 e. The van der Waals surface area contributed by atoms with Crippen molar-refractivity contribution in [2.45, 2.75) is 62.3 Å². The SMILES string of the molecule is Cc1cc(-c2ccccc2)ccn1.Cc1cc(-c2ccccn2)ccn1.Cc1cc(-c2cccnc2)ccn1.Cc1cc(-c2ccncc2)ccn1.Cc1ccnc(-c2ccccc2)n1.Cc1ccnc(-c2ccccn2)n1.Cc1ccnc(-c2cccnc2)n1.Cc1cncc(-c2cccnc2)c1.Cc1cncc(-c2ccncc2)c1. The maximum atomic E-state index is 4.33. The summed E-state index contributed by atoms with van der Waals surface area (Å²) in [5, 5.41) is 0. The molecule has 16 heterocycles. The van der Waals surface area contributed by atoms with Crippen LogP contribution in [0.1, 0.15) is 51.0 Å². The topological polar surface area (TPSA) is 245 Å². The van der Waals surface area contributed by atoms with E-state index in [4.69, 9.17) is 0 Å². The average molecular weight is 1530 g/mol. The van der Waals surface area contributed by atoms with Gasteiger partial charge in [0, 0.05) is 221 Å². The van der Waals surface area contributed by atoms with Crippen molar-refractivity contribution in [3.63, 3.8) is 0 Å². The Morgan fingerprint density at radius 2 is 0.470 bits per heavy atom. The van der Waals surface area contributed by atoms with Crippen molar-refractivity contribution < 1.29 is 0 Å². The zero-order valence-electron chi connectivity index (χ0n) is 66.8. The number of rotatable bonds is 9. The van der Waals surface area contributed by atoms with Crippen molar-refractivity contribution in [1.82, 2.24) is 94.7 Å². The van der Waals surface area contributed by atoms with Gasteiger partial charge in [0.1, 0.15) is 5.69 Å². The van der Waals surface area contributed by atoms with Crippen LogP contribution < -0.4 is 0 Å². The Labute approximate surface area is 684 Å². The molecule has 16 aromatic heterocycles. The third-order valence-electron chi connectivity index (χ3n) is 16.7. The molecule has 0 aliphatic carbocycles. The Morgan fingerprint density at radius 1 is 0.154 bits per heavy atom. The van der Waals surface area contributed by atoms with Gasteiger partial charge in [-0.05, 0) is 258 Å². The van der Waals surface area contributed by atoms with E-state index in [0.29, 0.717) is 5.82 Å². The second-order valence-corrected chi connectivity index (χ2v) is 26.2. The quantitative estimate of drug-likeness (QED) is 0.130. The van der Waals surface area contributed by atoms with Gasteiger partial charge in [-0.3, -0.25) is 64.8 Å². The number of benzene rings is 2. The summed E-state index contributed by atoms with van der Waals surface area (Å²) in [4.78, 5) is 78.8. The molecule has 0 saturated heterocycles. The van der Waals surface area contributed by atoms with Crippen molar-refractivity contribution >= 4 is 0 Å². The van der Waals surface area contributed by atoms with Gasteiger partial charge < -0.3 is 0 Å². The van der Waals surface area contributed by atoms with Gasteiger partial charge in [0.15, 0.2) is 17.5 Å². The maximum absolute atomic E-state index is 4.33. The average Bonchev–Trinajstić information content (AvgIpc) is 0.930. The molecule has 2 aromatic carbocycles. The Kier molecular flexibility index (Phi) is 33.4. The van der Waals surface area contributed by atoms with Crippen LogP contribution in [0.25, 0.3) is 101 Å². The monoisotopic (exact) mass is 1530 g/mol. The minimum absolute atomic E-state index is 0.681. The first-order valence-corrected chi connectivity index (χ1v) is 37.6. The molecule has 18 aromatic rings. The molecule has 576 valence electrons. The molecule has 117 heavy (non-hydrogen) atoms. The van der Waals surface area contributed by atoms with Crippen LogP contribution >= 0.6 is 0 Å². The van der Waals surface area contributed by atoms with E-state index >= 15 is 0 Å². The number of hydrogen-bond acceptors (Lipinski definition) is 19. The first kappa shape index (κ1) is 84.1. The predicted octanol–water partition coefficient (Wildman–Crippen LogP) is 21.5. The van der Waals surface area contributed by atoms with Gasteiger partial charge in [0.2, 0.25) is 0 Å². The highest BCUT2D eigenvalue weighted by Gasteiger charge is 2.06. The summed E-state index contributed by atoms with van der Waals surface area (Å²) in [7, 11) is 0. The number of aryl methyl sites for hydroxylation is 9. The molecule has 0 aliphatic rings. The number of nitrogens with zero attached hydrogens (tertiary/aromatic N) is 19. The lowest BCUT2D eigenvalue weighted by atomic mass is 10.1. The fraction of sp³-hybridized carbons (Fsp3) is 0.0918. The third kappa shape index (κ3) is 29.3. The van der Waals surface area contributed by atoms with Crippen LogP contribution in [-0.4, -0.2) is 94.7 Å². The fourth-order valence-electron chi connectivity index (χ4n) is 11.0. The molecule has 19 heteroatoms. The standard InChI is InChI=1S/C12H11N.6C11H10N2.2C10H9N3/c1-10-9-12(7-8-13-10)11-5-3-2-4-6-11;1-9-8-11(4-7-13-9)10-2-5-12-6-3-10;1-9-6-11(8-13-7-9)10-2-4-12-5-3-10;1-9-7-10(4-6-13-9)11-3-2-5-12-8-11;1-9-5-11(8-13-6-9)10-3-2-4-12-7-10;1-9-8-10(5-7-12-9)11-4-2-3-6-13-11;1-9-7-8-12-11(13-9)10-5-3-2-4-6-10;1-8-4-6-12-10(13-8)9-3-2-5-11-7-9;1-8-5-7-12-10(13-8)9-4-2-3-6-11-9/h2-9H,1H3;6*2-8H,1H3;2*2-7H,1H3. The lowest BCUT2D eigenvalue weighted by molar-refractivity contribution is 1.09. The molecular weight excluding hydrogens is 1440 g/mol. The molecule has 0 N–H and O–H groups in total. The van der Waals surface area contributed by atoms with Gasteiger partial charge in [-0.1, -0.05) is 84.9 Å². The van der Waals surface area contributed by atoms with E-state index in [1.54, 1.807) is 86.8 Å². The normalized spacial score (nSPS) is 9.92. The van der Waals surface area contributed by atoms with Crippen molar-refractivity contribution in [2.24, 2.45) is 0 Å². The van der Waals surface area contributed by atoms with E-state index in [0.717, 1.165) is 107 Å². The van der Waals surface area contributed by atoms with Crippen LogP contribution in [-0.2, 0) is 0 Å². The summed E-state index contributed by atoms with van der Waals surface area (Å²) >= 11 is 0. The summed E-state index contributed by atoms with van der Waals surface area (Å²) < 4.78 is 0. The third-order valence-corrected chi connectivity index (χ3v) is 16.7. The van der Waals surface area contributed by atoms with E-state index in [2.05, 4.69) is 137 Å². The van der Waals surface area contributed by atoms with Crippen molar-refractivity contribution in [3.05, 3.63) is 430 Å². The number of pyridine rings is 13. The van der Waals surface area contributed by atoms with Crippen molar-refractivity contribution in [3.8, 4) is 101 Å². The fourth-order valence-corrected chi connectivity index (χ4v) is 11.0. The van der Waals surface area contributed by atoms with Crippen LogP contribution in [0.3, 0.4) is 0 Å². The zero-order chi connectivity index (χ0) is 81.9. The molecule has 0 spiro atoms. The molecule has 18 rings (SSSR count). The molecule has 0 fully saturated rings. The van der Waals surface area contributed by atoms with E-state index in [1.165, 1.54) is 38.9 Å². The summed E-state index contributed by atoms with van der Waals surface area (Å²) in [5.41, 5.74) is 26.0. The lowest BCUT2D eigenvalue weighted by Gasteiger charge is -2.00. The predicted molar refractivity (Wildman–Crippen MR) is 468 cm³/mol. The van der Waals surface area contributed by atoms with Gasteiger partial charge >= 0.3 is 0 Å². The van der Waals surface area contributed by atoms with Gasteiger partial charge in [0.05, 0.1) is 5.69 Å². The van der Waals surface area contributed by atoms with Crippen LogP contribution in [0, 0.1) is 62.3 Å². The highest BCUT2D eigenvalue weighted by molar-refractivity contribution is 5.66. The summed E-state index contributed by atoms with van der Waals surface area (Å²) in [6, 6.07) is 77.7. The molecule has 0 amide bonds. The number of hydrogen-bond donors (Lipinski definition) is 0. The van der Waals surface area contributed by atoms with Crippen LogP contribution in [0.5, 0.6) is 0 Å². The maximum Gasteiger partial charge on any atom is 0.178 e. The Hall–Kier alpha value is -15.4. The molecule has 0 radical (unpaired) electrons. The first-order valence-electron chi connectivity index (χ1n) is 37.6. The van der Waals surface area contributed by atoms with E-state index in [9.17, 15) is 0 Å². The Balaban J connectivity index is 0.000000139. The van der Waals surface area contributed by atoms with E-state index in [-0.39, 0.29) is 0 Å². The highest BCUT2D eigenvalue weighted by Crippen LogP contribution is 2.24. The zero-order valence-corrected chi connectivity index (χ0v) is 66.8. The second kappa shape index (κ2) is 46.5. The van der Waals surface area contributed by atoms with Gasteiger partial charge in [-0.15, -0.1) is 0 Å². The smallest absolute Gasteiger partial charge is 0.178 e. The van der Waals surface area contributed by atoms with Gasteiger partial charge in [-0.2, -0.15) is 0 Å². The summed E-state index contributed by atoms with van der Waals surface area (Å²) in [6.07, 6.45) is 41.4. The Bertz CT molecular complexity index is 4720. The Morgan fingerprint density at radius 3 is 0.880 bits per heavy atom. The highest BCUT2D eigenvalue weighted by atomic mass is 14.9. The summed E-state index contributed by atoms with van der Waals surface area (Å²) in [5.74, 6) is 2.20. The second-order valence-electron chi connectivity index (χ2n) is 26.2. The van der Waals surface area contributed by atoms with Gasteiger partial charge in [0.25, 0.3) is 0 Å². The number of aromatic nitrogens is 19. The van der Waals surface area contributed by atoms with Crippen LogP contribution in [0.15, 0.2) is 379 Å². The van der Waals surface area contributed by atoms with Crippen LogP contribution in [0.4, 0.5) is 0 Å². The molecular formula is C98H89N19.